The van der Waals surface area contributed by atoms with Crippen LogP contribution in [0.4, 0.5) is 0 Å². The molecule has 0 atom stereocenters. The van der Waals surface area contributed by atoms with E-state index in [0.717, 1.165) is 77.2 Å². The minimum absolute atomic E-state index is 0.324. The van der Waals surface area contributed by atoms with Gasteiger partial charge in [-0.2, -0.15) is 10.5 Å². The highest BCUT2D eigenvalue weighted by atomic mass is 16.4. The van der Waals surface area contributed by atoms with Gasteiger partial charge in [-0.25, -0.2) is 9.59 Å². The summed E-state index contributed by atoms with van der Waals surface area (Å²) < 4.78 is 4.48. The molecule has 0 unspecified atom stereocenters. The van der Waals surface area contributed by atoms with E-state index in [-0.39, 0.29) is 11.1 Å². The first-order chi connectivity index (χ1) is 27.3. The molecule has 8 heteroatoms. The molecular formula is C48H30N4O4. The van der Waals surface area contributed by atoms with Gasteiger partial charge in [0.2, 0.25) is 0 Å². The summed E-state index contributed by atoms with van der Waals surface area (Å²) in [6.45, 7) is 0. The van der Waals surface area contributed by atoms with Crippen molar-refractivity contribution in [1.29, 1.82) is 10.5 Å². The Morgan fingerprint density at radius 3 is 1.23 bits per heavy atom. The van der Waals surface area contributed by atoms with Crippen LogP contribution in [0, 0.1) is 22.7 Å². The standard InChI is InChI=1S/C48H30N4O4/c49-29-35(47(53)54)9-5-7-31-15-25-45-41(27-31)39-11-1-3-13-43(39)51(45)37-21-17-33(18-22-37)34-19-23-38(24-20-34)52-44-14-4-2-12-40(44)42-28-32(16-26-46(42)52)8-6-10-36(30-50)48(55)56/h1-28H,(H,53,54)(H,55,56)/b7-5+,8-6+,35-9+,36-10+. The van der Waals surface area contributed by atoms with E-state index in [1.54, 1.807) is 36.4 Å². The predicted molar refractivity (Wildman–Crippen MR) is 221 cm³/mol. The van der Waals surface area contributed by atoms with Crippen LogP contribution in [0.15, 0.2) is 169 Å². The molecule has 0 spiro atoms. The number of carboxylic acid groups (broad SMARTS) is 2. The zero-order valence-corrected chi connectivity index (χ0v) is 29.7. The average Bonchev–Trinajstić information content (AvgIpc) is 3.73. The van der Waals surface area contributed by atoms with Crippen LogP contribution in [0.2, 0.25) is 0 Å². The molecule has 0 aliphatic carbocycles. The van der Waals surface area contributed by atoms with Crippen LogP contribution in [0.1, 0.15) is 11.1 Å². The van der Waals surface area contributed by atoms with Crippen LogP contribution >= 0.6 is 0 Å². The van der Waals surface area contributed by atoms with Crippen LogP contribution in [0.5, 0.6) is 0 Å². The van der Waals surface area contributed by atoms with Crippen LogP contribution in [-0.2, 0) is 9.59 Å². The molecule has 8 rings (SSSR count). The molecule has 0 radical (unpaired) electrons. The number of nitriles is 2. The van der Waals surface area contributed by atoms with E-state index in [1.165, 1.54) is 12.2 Å². The fourth-order valence-corrected chi connectivity index (χ4v) is 7.17. The molecule has 0 bridgehead atoms. The molecule has 0 saturated carbocycles. The maximum Gasteiger partial charge on any atom is 0.346 e. The van der Waals surface area contributed by atoms with E-state index in [0.29, 0.717) is 0 Å². The van der Waals surface area contributed by atoms with Gasteiger partial charge in [-0.15, -0.1) is 0 Å². The molecule has 56 heavy (non-hydrogen) atoms. The fourth-order valence-electron chi connectivity index (χ4n) is 7.17. The van der Waals surface area contributed by atoms with E-state index >= 15 is 0 Å². The third kappa shape index (κ3) is 6.40. The summed E-state index contributed by atoms with van der Waals surface area (Å²) in [5.74, 6) is -2.51. The van der Waals surface area contributed by atoms with Crippen LogP contribution in [-0.4, -0.2) is 31.3 Å². The minimum Gasteiger partial charge on any atom is -0.477 e. The number of aliphatic carboxylic acids is 2. The van der Waals surface area contributed by atoms with Crippen molar-refractivity contribution in [2.75, 3.05) is 0 Å². The monoisotopic (exact) mass is 726 g/mol. The highest BCUT2D eigenvalue weighted by Crippen LogP contribution is 2.36. The molecule has 8 nitrogen and oxygen atoms in total. The van der Waals surface area contributed by atoms with Gasteiger partial charge < -0.3 is 19.3 Å². The summed E-state index contributed by atoms with van der Waals surface area (Å²) in [4.78, 5) is 22.4. The Bertz CT molecular complexity index is 2880. The maximum atomic E-state index is 11.2. The minimum atomic E-state index is -1.26. The molecule has 0 aliphatic heterocycles. The van der Waals surface area contributed by atoms with Crippen molar-refractivity contribution in [2.24, 2.45) is 0 Å². The summed E-state index contributed by atoms with van der Waals surface area (Å²) in [6.07, 6.45) is 9.34. The van der Waals surface area contributed by atoms with Gasteiger partial charge >= 0.3 is 11.9 Å². The molecule has 2 aromatic heterocycles. The smallest absolute Gasteiger partial charge is 0.346 e. The number of fused-ring (bicyclic) bond motifs is 6. The number of allylic oxidation sites excluding steroid dienone is 4. The van der Waals surface area contributed by atoms with Gasteiger partial charge in [-0.1, -0.05) is 97.1 Å². The lowest BCUT2D eigenvalue weighted by Gasteiger charge is -2.11. The van der Waals surface area contributed by atoms with Gasteiger partial charge in [0.05, 0.1) is 22.1 Å². The van der Waals surface area contributed by atoms with E-state index < -0.39 is 11.9 Å². The van der Waals surface area contributed by atoms with Crippen LogP contribution in [0.3, 0.4) is 0 Å². The van der Waals surface area contributed by atoms with Crippen molar-refractivity contribution in [2.45, 2.75) is 0 Å². The molecule has 2 N–H and O–H groups in total. The Hall–Kier alpha value is -8.20. The normalized spacial score (nSPS) is 12.2. The van der Waals surface area contributed by atoms with E-state index in [1.807, 2.05) is 36.4 Å². The average molecular weight is 727 g/mol. The Morgan fingerprint density at radius 1 is 0.482 bits per heavy atom. The van der Waals surface area contributed by atoms with Crippen LogP contribution in [0.25, 0.3) is 78.3 Å². The topological polar surface area (TPSA) is 132 Å². The SMILES string of the molecule is N#C/C(=C\C=C\c1ccc2c(c1)c1ccccc1n2-c1ccc(-c2ccc(-n3c4ccccc4c4cc(/C=C/C=C(\C#N)C(=O)O)ccc43)cc2)cc1)C(=O)O. The lowest BCUT2D eigenvalue weighted by atomic mass is 10.0. The van der Waals surface area contributed by atoms with Crippen molar-refractivity contribution in [3.8, 4) is 34.6 Å². The van der Waals surface area contributed by atoms with E-state index in [4.69, 9.17) is 20.7 Å². The molecule has 0 aliphatic rings. The molecule has 2 heterocycles. The second-order valence-corrected chi connectivity index (χ2v) is 13.1. The van der Waals surface area contributed by atoms with Crippen molar-refractivity contribution in [3.63, 3.8) is 0 Å². The quantitative estimate of drug-likeness (QED) is 0.0864. The number of para-hydroxylation sites is 2. The number of hydrogen-bond acceptors (Lipinski definition) is 4. The zero-order valence-electron chi connectivity index (χ0n) is 29.7. The Labute approximate surface area is 320 Å². The van der Waals surface area contributed by atoms with Gasteiger partial charge in [-0.3, -0.25) is 0 Å². The number of carboxylic acids is 2. The van der Waals surface area contributed by atoms with Crippen molar-refractivity contribution in [3.05, 3.63) is 180 Å². The van der Waals surface area contributed by atoms with Gasteiger partial charge in [-0.05, 0) is 95.1 Å². The molecule has 0 amide bonds. The summed E-state index contributed by atoms with van der Waals surface area (Å²) in [5, 5.41) is 40.7. The van der Waals surface area contributed by atoms with Gasteiger partial charge in [0, 0.05) is 32.9 Å². The van der Waals surface area contributed by atoms with Gasteiger partial charge in [0.1, 0.15) is 23.3 Å². The van der Waals surface area contributed by atoms with Crippen molar-refractivity contribution < 1.29 is 19.8 Å². The Kier molecular flexibility index (Phi) is 9.13. The highest BCUT2D eigenvalue weighted by molar-refractivity contribution is 6.11. The molecule has 8 aromatic rings. The first-order valence-corrected chi connectivity index (χ1v) is 17.7. The highest BCUT2D eigenvalue weighted by Gasteiger charge is 2.15. The lowest BCUT2D eigenvalue weighted by Crippen LogP contribution is -1.96. The predicted octanol–water partition coefficient (Wildman–Crippen LogP) is 10.6. The summed E-state index contributed by atoms with van der Waals surface area (Å²) in [6, 6.07) is 49.1. The van der Waals surface area contributed by atoms with Gasteiger partial charge in [0.25, 0.3) is 0 Å². The van der Waals surface area contributed by atoms with Crippen molar-refractivity contribution >= 4 is 67.7 Å². The lowest BCUT2D eigenvalue weighted by molar-refractivity contribution is -0.133. The number of nitrogens with zero attached hydrogens (tertiary/aromatic N) is 4. The molecule has 6 aromatic carbocycles. The molecule has 0 fully saturated rings. The fraction of sp³-hybridized carbons (Fsp3) is 0. The second-order valence-electron chi connectivity index (χ2n) is 13.1. The second kappa shape index (κ2) is 14.7. The van der Waals surface area contributed by atoms with E-state index in [2.05, 4.69) is 106 Å². The van der Waals surface area contributed by atoms with E-state index in [9.17, 15) is 9.59 Å². The zero-order chi connectivity index (χ0) is 38.8. The first kappa shape index (κ1) is 34.9. The summed E-state index contributed by atoms with van der Waals surface area (Å²) in [7, 11) is 0. The number of aromatic nitrogens is 2. The number of hydrogen-bond donors (Lipinski definition) is 2. The molecular weight excluding hydrogens is 697 g/mol. The molecule has 0 saturated heterocycles. The first-order valence-electron chi connectivity index (χ1n) is 17.7. The Balaban J connectivity index is 1.10. The number of benzene rings is 6. The van der Waals surface area contributed by atoms with Gasteiger partial charge in [0.15, 0.2) is 0 Å². The summed E-state index contributed by atoms with van der Waals surface area (Å²) >= 11 is 0. The largest absolute Gasteiger partial charge is 0.477 e. The third-order valence-electron chi connectivity index (χ3n) is 9.78. The van der Waals surface area contributed by atoms with Crippen molar-refractivity contribution in [1.82, 2.24) is 9.13 Å². The number of carbonyl (C=O) groups is 2. The third-order valence-corrected chi connectivity index (χ3v) is 9.78. The summed E-state index contributed by atoms with van der Waals surface area (Å²) in [5.41, 5.74) is 9.53. The maximum absolute atomic E-state index is 11.2. The number of rotatable bonds is 9. The van der Waals surface area contributed by atoms with Crippen LogP contribution < -0.4 is 0 Å². The molecule has 266 valence electrons. The Morgan fingerprint density at radius 2 is 0.857 bits per heavy atom.